The Morgan fingerprint density at radius 1 is 1.40 bits per heavy atom. The van der Waals surface area contributed by atoms with Crippen molar-refractivity contribution < 1.29 is 9.63 Å². The third kappa shape index (κ3) is 3.45. The Balaban J connectivity index is 2.03. The van der Waals surface area contributed by atoms with Gasteiger partial charge >= 0.3 is 5.97 Å². The molecule has 1 aromatic carbocycles. The Hall–Kier alpha value is -1.68. The van der Waals surface area contributed by atoms with Gasteiger partial charge in [-0.15, -0.1) is 0 Å². The normalized spacial score (nSPS) is 25.7. The van der Waals surface area contributed by atoms with Gasteiger partial charge < -0.3 is 9.74 Å². The summed E-state index contributed by atoms with van der Waals surface area (Å²) in [5, 5.41) is 4.10. The minimum absolute atomic E-state index is 0.321. The molecule has 0 amide bonds. The van der Waals surface area contributed by atoms with Crippen LogP contribution in [-0.2, 0) is 4.84 Å². The van der Waals surface area contributed by atoms with Gasteiger partial charge in [-0.05, 0) is 33.0 Å². The smallest absolute Gasteiger partial charge is 0.313 e. The maximum Gasteiger partial charge on any atom is 0.365 e. The molecule has 1 aromatic rings. The zero-order valence-electron chi connectivity index (χ0n) is 12.6. The first-order chi connectivity index (χ1) is 9.47. The number of piperidine rings is 1. The molecule has 4 heteroatoms. The second-order valence-electron chi connectivity index (χ2n) is 5.72. The van der Waals surface area contributed by atoms with Gasteiger partial charge in [0, 0.05) is 24.9 Å². The molecule has 1 aliphatic heterocycles. The van der Waals surface area contributed by atoms with Gasteiger partial charge in [0.2, 0.25) is 0 Å². The van der Waals surface area contributed by atoms with E-state index in [1.54, 1.807) is 6.07 Å². The van der Waals surface area contributed by atoms with Gasteiger partial charge in [-0.2, -0.15) is 0 Å². The lowest BCUT2D eigenvalue weighted by atomic mass is 9.93. The van der Waals surface area contributed by atoms with Crippen LogP contribution >= 0.6 is 0 Å². The molecule has 1 aliphatic rings. The van der Waals surface area contributed by atoms with Gasteiger partial charge in [-0.25, -0.2) is 4.79 Å². The van der Waals surface area contributed by atoms with Crippen LogP contribution in [0.2, 0.25) is 0 Å². The number of carbonyl (C=O) groups excluding carboxylic acids is 1. The number of likely N-dealkylation sites (tertiary alicyclic amines) is 1. The van der Waals surface area contributed by atoms with E-state index < -0.39 is 0 Å². The number of nitrogens with zero attached hydrogens (tertiary/aromatic N) is 2. The molecule has 0 saturated carbocycles. The van der Waals surface area contributed by atoms with Crippen molar-refractivity contribution in [2.24, 2.45) is 11.1 Å². The lowest BCUT2D eigenvalue weighted by Gasteiger charge is -2.34. The summed E-state index contributed by atoms with van der Waals surface area (Å²) in [5.41, 5.74) is 2.55. The molecule has 0 aromatic heterocycles. The van der Waals surface area contributed by atoms with Crippen molar-refractivity contribution in [3.05, 3.63) is 35.4 Å². The molecule has 4 nitrogen and oxygen atoms in total. The molecule has 2 atom stereocenters. The number of aryl methyl sites for hydroxylation is 1. The average molecular weight is 274 g/mol. The Morgan fingerprint density at radius 2 is 2.15 bits per heavy atom. The number of hydrogen-bond donors (Lipinski definition) is 0. The van der Waals surface area contributed by atoms with E-state index >= 15 is 0 Å². The van der Waals surface area contributed by atoms with Crippen LogP contribution in [0.3, 0.4) is 0 Å². The molecular weight excluding hydrogens is 252 g/mol. The summed E-state index contributed by atoms with van der Waals surface area (Å²) in [4.78, 5) is 19.4. The number of carbonyl (C=O) groups is 1. The number of oxime groups is 1. The van der Waals surface area contributed by atoms with Crippen LogP contribution in [0.4, 0.5) is 0 Å². The zero-order chi connectivity index (χ0) is 14.7. The fourth-order valence-corrected chi connectivity index (χ4v) is 2.43. The third-order valence-electron chi connectivity index (χ3n) is 3.89. The van der Waals surface area contributed by atoms with E-state index in [4.69, 9.17) is 4.84 Å². The zero-order valence-corrected chi connectivity index (χ0v) is 12.6. The Bertz CT molecular complexity index is 525. The highest BCUT2D eigenvalue weighted by Crippen LogP contribution is 2.18. The van der Waals surface area contributed by atoms with Gasteiger partial charge in [0.25, 0.3) is 0 Å². The molecule has 1 heterocycles. The Kier molecular flexibility index (Phi) is 4.55. The molecule has 0 bridgehead atoms. The van der Waals surface area contributed by atoms with Gasteiger partial charge in [0.05, 0.1) is 11.3 Å². The van der Waals surface area contributed by atoms with Crippen LogP contribution in [0, 0.1) is 12.8 Å². The van der Waals surface area contributed by atoms with Gasteiger partial charge in [0.1, 0.15) is 0 Å². The van der Waals surface area contributed by atoms with E-state index in [0.29, 0.717) is 17.5 Å². The van der Waals surface area contributed by atoms with E-state index in [9.17, 15) is 4.79 Å². The van der Waals surface area contributed by atoms with Crippen molar-refractivity contribution in [2.75, 3.05) is 13.6 Å². The van der Waals surface area contributed by atoms with Crippen molar-refractivity contribution in [2.45, 2.75) is 33.2 Å². The quantitative estimate of drug-likeness (QED) is 0.615. The average Bonchev–Trinajstić information content (AvgIpc) is 2.41. The minimum Gasteiger partial charge on any atom is -0.313 e. The van der Waals surface area contributed by atoms with Gasteiger partial charge in [0.15, 0.2) is 0 Å². The molecule has 1 saturated heterocycles. The summed E-state index contributed by atoms with van der Waals surface area (Å²) in [5.74, 6) is -0.0681. The first-order valence-corrected chi connectivity index (χ1v) is 7.02. The molecule has 0 N–H and O–H groups in total. The molecule has 0 spiro atoms. The molecule has 0 unspecified atom stereocenters. The number of hydrogen-bond acceptors (Lipinski definition) is 4. The second-order valence-corrected chi connectivity index (χ2v) is 5.72. The summed E-state index contributed by atoms with van der Waals surface area (Å²) < 4.78 is 0. The van der Waals surface area contributed by atoms with Crippen molar-refractivity contribution in [1.82, 2.24) is 4.90 Å². The standard InChI is InChI=1S/C16H22N2O2/c1-11-6-5-7-14(8-11)16(19)20-17-15-9-13(3)18(4)10-12(15)2/h5-8,12-13H,9-10H2,1-4H3/b17-15+/t12-,13-/m1/s1. The van der Waals surface area contributed by atoms with Crippen LogP contribution in [0.1, 0.15) is 36.2 Å². The molecule has 2 rings (SSSR count). The highest BCUT2D eigenvalue weighted by Gasteiger charge is 2.26. The summed E-state index contributed by atoms with van der Waals surface area (Å²) in [6.45, 7) is 7.16. The molecule has 108 valence electrons. The Labute approximate surface area is 120 Å². The van der Waals surface area contributed by atoms with E-state index in [0.717, 1.165) is 24.2 Å². The largest absolute Gasteiger partial charge is 0.365 e. The van der Waals surface area contributed by atoms with Gasteiger partial charge in [-0.1, -0.05) is 29.8 Å². The molecule has 20 heavy (non-hydrogen) atoms. The van der Waals surface area contributed by atoms with Crippen LogP contribution < -0.4 is 0 Å². The minimum atomic E-state index is -0.389. The molecule has 0 radical (unpaired) electrons. The lowest BCUT2D eigenvalue weighted by Crippen LogP contribution is -2.43. The fraction of sp³-hybridized carbons (Fsp3) is 0.500. The Morgan fingerprint density at radius 3 is 2.85 bits per heavy atom. The van der Waals surface area contributed by atoms with Crippen LogP contribution in [0.5, 0.6) is 0 Å². The first kappa shape index (κ1) is 14.7. The van der Waals surface area contributed by atoms with Crippen LogP contribution in [0.25, 0.3) is 0 Å². The highest BCUT2D eigenvalue weighted by atomic mass is 16.7. The number of benzene rings is 1. The predicted molar refractivity (Wildman–Crippen MR) is 79.9 cm³/mol. The molecular formula is C16H22N2O2. The van der Waals surface area contributed by atoms with E-state index in [2.05, 4.69) is 31.0 Å². The molecule has 0 aliphatic carbocycles. The van der Waals surface area contributed by atoms with E-state index in [1.807, 2.05) is 25.1 Å². The monoisotopic (exact) mass is 274 g/mol. The highest BCUT2D eigenvalue weighted by molar-refractivity contribution is 5.92. The summed E-state index contributed by atoms with van der Waals surface area (Å²) in [7, 11) is 2.11. The fourth-order valence-electron chi connectivity index (χ4n) is 2.43. The van der Waals surface area contributed by atoms with Crippen LogP contribution in [0.15, 0.2) is 29.4 Å². The summed E-state index contributed by atoms with van der Waals surface area (Å²) in [6, 6.07) is 7.78. The third-order valence-corrected chi connectivity index (χ3v) is 3.89. The van der Waals surface area contributed by atoms with Crippen molar-refractivity contribution in [3.8, 4) is 0 Å². The lowest BCUT2D eigenvalue weighted by molar-refractivity contribution is 0.0508. The maximum atomic E-state index is 12.0. The van der Waals surface area contributed by atoms with Crippen molar-refractivity contribution in [1.29, 1.82) is 0 Å². The summed E-state index contributed by atoms with van der Waals surface area (Å²) >= 11 is 0. The SMILES string of the molecule is Cc1cccc(C(=O)O/N=C2\C[C@@H](C)N(C)C[C@H]2C)c1. The van der Waals surface area contributed by atoms with E-state index in [1.165, 1.54) is 0 Å². The first-order valence-electron chi connectivity index (χ1n) is 7.02. The van der Waals surface area contributed by atoms with E-state index in [-0.39, 0.29) is 5.97 Å². The predicted octanol–water partition coefficient (Wildman–Crippen LogP) is 2.87. The topological polar surface area (TPSA) is 41.9 Å². The van der Waals surface area contributed by atoms with Crippen molar-refractivity contribution >= 4 is 11.7 Å². The summed E-state index contributed by atoms with van der Waals surface area (Å²) in [6.07, 6.45) is 0.846. The van der Waals surface area contributed by atoms with Gasteiger partial charge in [-0.3, -0.25) is 0 Å². The number of rotatable bonds is 2. The maximum absolute atomic E-state index is 12.0. The van der Waals surface area contributed by atoms with Crippen molar-refractivity contribution in [3.63, 3.8) is 0 Å². The molecule has 1 fully saturated rings. The second kappa shape index (κ2) is 6.18. The van der Waals surface area contributed by atoms with Crippen LogP contribution in [-0.4, -0.2) is 36.2 Å².